The Morgan fingerprint density at radius 3 is 2.38 bits per heavy atom. The van der Waals surface area contributed by atoms with Crippen LogP contribution in [0.4, 0.5) is 16.2 Å². The van der Waals surface area contributed by atoms with E-state index in [0.717, 1.165) is 28.9 Å². The summed E-state index contributed by atoms with van der Waals surface area (Å²) in [5.74, 6) is 0.00350. The summed E-state index contributed by atoms with van der Waals surface area (Å²) in [5.41, 5.74) is 4.45. The van der Waals surface area contributed by atoms with Crippen LogP contribution in [0, 0.1) is 0 Å². The molecule has 4 rings (SSSR count). The summed E-state index contributed by atoms with van der Waals surface area (Å²) in [5, 5.41) is 5.68. The second-order valence-electron chi connectivity index (χ2n) is 7.23. The highest BCUT2D eigenvalue weighted by Gasteiger charge is 2.31. The summed E-state index contributed by atoms with van der Waals surface area (Å²) in [7, 11) is 0. The summed E-state index contributed by atoms with van der Waals surface area (Å²) in [4.78, 5) is 27.0. The number of nitrogens with zero attached hydrogens (tertiary/aromatic N) is 1. The van der Waals surface area contributed by atoms with E-state index in [9.17, 15) is 9.59 Å². The van der Waals surface area contributed by atoms with Gasteiger partial charge in [-0.05, 0) is 54.8 Å². The normalized spacial score (nSPS) is 14.9. The Bertz CT molecular complexity index is 1020. The Kier molecular flexibility index (Phi) is 5.29. The van der Waals surface area contributed by atoms with Gasteiger partial charge in [-0.25, -0.2) is 4.79 Å². The van der Waals surface area contributed by atoms with Crippen molar-refractivity contribution < 1.29 is 9.59 Å². The molecule has 3 aromatic carbocycles. The number of carbonyl (C=O) groups is 2. The number of benzene rings is 3. The van der Waals surface area contributed by atoms with Gasteiger partial charge in [0.15, 0.2) is 0 Å². The van der Waals surface area contributed by atoms with E-state index >= 15 is 0 Å². The van der Waals surface area contributed by atoms with Gasteiger partial charge in [0.2, 0.25) is 0 Å². The third kappa shape index (κ3) is 4.14. The number of rotatable bonds is 4. The Hall–Kier alpha value is -3.60. The van der Waals surface area contributed by atoms with Crippen LogP contribution in [-0.2, 0) is 13.0 Å². The lowest BCUT2D eigenvalue weighted by molar-refractivity contribution is 0.0981. The van der Waals surface area contributed by atoms with Crippen molar-refractivity contribution in [3.05, 3.63) is 95.6 Å². The predicted octanol–water partition coefficient (Wildman–Crippen LogP) is 4.60. The quantitative estimate of drug-likeness (QED) is 0.689. The largest absolute Gasteiger partial charge is 0.334 e. The van der Waals surface area contributed by atoms with Crippen LogP contribution in [0.1, 0.15) is 28.4 Å². The molecule has 1 aliphatic heterocycles. The van der Waals surface area contributed by atoms with E-state index < -0.39 is 0 Å². The van der Waals surface area contributed by atoms with E-state index in [1.165, 1.54) is 0 Å². The van der Waals surface area contributed by atoms with E-state index in [2.05, 4.69) is 23.6 Å². The molecule has 5 heteroatoms. The molecule has 29 heavy (non-hydrogen) atoms. The number of anilines is 2. The van der Waals surface area contributed by atoms with Crippen LogP contribution in [-0.4, -0.2) is 18.0 Å². The molecule has 0 spiro atoms. The molecule has 146 valence electrons. The van der Waals surface area contributed by atoms with Gasteiger partial charge in [0.25, 0.3) is 5.91 Å². The zero-order chi connectivity index (χ0) is 20.2. The summed E-state index contributed by atoms with van der Waals surface area (Å²) in [6.07, 6.45) is 0.829. The van der Waals surface area contributed by atoms with Crippen molar-refractivity contribution in [3.8, 4) is 0 Å². The highest BCUT2D eigenvalue weighted by molar-refractivity contribution is 6.07. The number of amides is 3. The van der Waals surface area contributed by atoms with Crippen molar-refractivity contribution in [2.45, 2.75) is 25.9 Å². The molecule has 1 aliphatic rings. The zero-order valence-corrected chi connectivity index (χ0v) is 16.3. The molecule has 0 bridgehead atoms. The number of hydrogen-bond acceptors (Lipinski definition) is 2. The first-order valence-electron chi connectivity index (χ1n) is 9.72. The van der Waals surface area contributed by atoms with E-state index in [1.807, 2.05) is 77.7 Å². The monoisotopic (exact) mass is 385 g/mol. The minimum absolute atomic E-state index is 0.00350. The number of carbonyl (C=O) groups excluding carboxylic acids is 2. The fourth-order valence-electron chi connectivity index (χ4n) is 3.67. The predicted molar refractivity (Wildman–Crippen MR) is 115 cm³/mol. The number of para-hydroxylation sites is 1. The molecule has 2 N–H and O–H groups in total. The van der Waals surface area contributed by atoms with Gasteiger partial charge < -0.3 is 15.5 Å². The van der Waals surface area contributed by atoms with Crippen molar-refractivity contribution in [2.24, 2.45) is 0 Å². The molecule has 0 unspecified atom stereocenters. The molecule has 0 radical (unpaired) electrons. The molecule has 0 saturated heterocycles. The summed E-state index contributed by atoms with van der Waals surface area (Å²) in [6.45, 7) is 2.44. The number of fused-ring (bicyclic) bond motifs is 1. The Balaban J connectivity index is 1.47. The highest BCUT2D eigenvalue weighted by Crippen LogP contribution is 2.34. The van der Waals surface area contributed by atoms with Crippen LogP contribution in [0.2, 0.25) is 0 Å². The zero-order valence-electron chi connectivity index (χ0n) is 16.3. The Labute approximate surface area is 170 Å². The van der Waals surface area contributed by atoms with Crippen LogP contribution in [0.3, 0.4) is 0 Å². The average Bonchev–Trinajstić information content (AvgIpc) is 3.08. The maximum absolute atomic E-state index is 13.0. The fraction of sp³-hybridized carbons (Fsp3) is 0.167. The smallest absolute Gasteiger partial charge is 0.319 e. The van der Waals surface area contributed by atoms with Crippen molar-refractivity contribution in [3.63, 3.8) is 0 Å². The molecule has 0 aromatic heterocycles. The molecular weight excluding hydrogens is 362 g/mol. The van der Waals surface area contributed by atoms with Crippen molar-refractivity contribution >= 4 is 23.3 Å². The Morgan fingerprint density at radius 2 is 1.66 bits per heavy atom. The van der Waals surface area contributed by atoms with Crippen molar-refractivity contribution in [2.75, 3.05) is 10.2 Å². The first kappa shape index (κ1) is 18.7. The second kappa shape index (κ2) is 8.19. The fourth-order valence-corrected chi connectivity index (χ4v) is 3.67. The summed E-state index contributed by atoms with van der Waals surface area (Å²) >= 11 is 0. The van der Waals surface area contributed by atoms with Crippen molar-refractivity contribution in [1.29, 1.82) is 0 Å². The van der Waals surface area contributed by atoms with Crippen LogP contribution in [0.15, 0.2) is 78.9 Å². The standard InChI is InChI=1S/C24H23N3O2/c1-17-14-20-13-12-18(16-25-24(29)26-21-10-6-3-7-11-21)15-22(20)27(17)23(28)19-8-4-2-5-9-19/h2-13,15,17H,14,16H2,1H3,(H2,25,26,29)/t17-/m1/s1. The van der Waals surface area contributed by atoms with Crippen LogP contribution in [0.25, 0.3) is 0 Å². The van der Waals surface area contributed by atoms with Gasteiger partial charge in [0.1, 0.15) is 0 Å². The number of nitrogens with one attached hydrogen (secondary N) is 2. The molecule has 3 aromatic rings. The molecule has 5 nitrogen and oxygen atoms in total. The molecule has 0 aliphatic carbocycles. The second-order valence-corrected chi connectivity index (χ2v) is 7.23. The minimum Gasteiger partial charge on any atom is -0.334 e. The van der Waals surface area contributed by atoms with Gasteiger partial charge in [0, 0.05) is 29.5 Å². The van der Waals surface area contributed by atoms with E-state index in [1.54, 1.807) is 0 Å². The van der Waals surface area contributed by atoms with E-state index in [0.29, 0.717) is 12.1 Å². The molecule has 0 fully saturated rings. The maximum Gasteiger partial charge on any atom is 0.319 e. The van der Waals surface area contributed by atoms with Gasteiger partial charge in [-0.1, -0.05) is 48.5 Å². The third-order valence-corrected chi connectivity index (χ3v) is 5.09. The maximum atomic E-state index is 13.0. The summed E-state index contributed by atoms with van der Waals surface area (Å²) < 4.78 is 0. The number of urea groups is 1. The van der Waals surface area contributed by atoms with Gasteiger partial charge >= 0.3 is 6.03 Å². The van der Waals surface area contributed by atoms with Crippen LogP contribution < -0.4 is 15.5 Å². The lowest BCUT2D eigenvalue weighted by Gasteiger charge is -2.23. The van der Waals surface area contributed by atoms with E-state index in [-0.39, 0.29) is 18.0 Å². The van der Waals surface area contributed by atoms with Gasteiger partial charge in [0.05, 0.1) is 0 Å². The Morgan fingerprint density at radius 1 is 0.966 bits per heavy atom. The van der Waals surface area contributed by atoms with E-state index in [4.69, 9.17) is 0 Å². The highest BCUT2D eigenvalue weighted by atomic mass is 16.2. The first-order valence-corrected chi connectivity index (χ1v) is 9.72. The van der Waals surface area contributed by atoms with Crippen molar-refractivity contribution in [1.82, 2.24) is 5.32 Å². The topological polar surface area (TPSA) is 61.4 Å². The first-order chi connectivity index (χ1) is 14.1. The lowest BCUT2D eigenvalue weighted by Crippen LogP contribution is -2.35. The molecular formula is C24H23N3O2. The third-order valence-electron chi connectivity index (χ3n) is 5.09. The van der Waals surface area contributed by atoms with Crippen LogP contribution >= 0.6 is 0 Å². The lowest BCUT2D eigenvalue weighted by atomic mass is 10.1. The molecule has 1 heterocycles. The SMILES string of the molecule is C[C@@H]1Cc2ccc(CNC(=O)Nc3ccccc3)cc2N1C(=O)c1ccccc1. The average molecular weight is 385 g/mol. The van der Waals surface area contributed by atoms with Gasteiger partial charge in [-0.2, -0.15) is 0 Å². The molecule has 3 amide bonds. The molecule has 1 atom stereocenters. The number of hydrogen-bond donors (Lipinski definition) is 2. The van der Waals surface area contributed by atoms with Gasteiger partial charge in [-0.3, -0.25) is 4.79 Å². The minimum atomic E-state index is -0.262. The van der Waals surface area contributed by atoms with Crippen LogP contribution in [0.5, 0.6) is 0 Å². The molecule has 0 saturated carbocycles. The summed E-state index contributed by atoms with van der Waals surface area (Å²) in [6, 6.07) is 24.5. The van der Waals surface area contributed by atoms with Gasteiger partial charge in [-0.15, -0.1) is 0 Å².